The van der Waals surface area contributed by atoms with Crippen molar-refractivity contribution in [2.75, 3.05) is 7.11 Å². The number of aromatic nitrogens is 2. The molecule has 21 heavy (non-hydrogen) atoms. The molecular formula is C14H13N3O4. The number of aromatic carboxylic acids is 1. The first-order valence-electron chi connectivity index (χ1n) is 6.08. The lowest BCUT2D eigenvalue weighted by Crippen LogP contribution is -2.26. The molecule has 0 saturated heterocycles. The van der Waals surface area contributed by atoms with Gasteiger partial charge in [-0.1, -0.05) is 6.07 Å². The van der Waals surface area contributed by atoms with Crippen LogP contribution in [0.2, 0.25) is 0 Å². The van der Waals surface area contributed by atoms with Crippen LogP contribution in [0.15, 0.2) is 36.7 Å². The lowest BCUT2D eigenvalue weighted by molar-refractivity contribution is 0.0690. The monoisotopic (exact) mass is 287 g/mol. The Hall–Kier alpha value is -2.96. The number of hydrogen-bond acceptors (Lipinski definition) is 5. The zero-order valence-corrected chi connectivity index (χ0v) is 11.2. The molecule has 0 atom stereocenters. The number of nitrogens with one attached hydrogen (secondary N) is 1. The van der Waals surface area contributed by atoms with Crippen LogP contribution >= 0.6 is 0 Å². The number of ether oxygens (including phenoxy) is 1. The number of carbonyl (C=O) groups is 2. The summed E-state index contributed by atoms with van der Waals surface area (Å²) in [6.07, 6.45) is 2.94. The predicted octanol–water partition coefficient (Wildman–Crippen LogP) is 1.11. The summed E-state index contributed by atoms with van der Waals surface area (Å²) in [5.41, 5.74) is 0.405. The third-order valence-corrected chi connectivity index (χ3v) is 2.74. The fourth-order valence-corrected chi connectivity index (χ4v) is 1.76. The number of hydrogen-bond donors (Lipinski definition) is 2. The largest absolute Gasteiger partial charge is 0.481 e. The normalized spacial score (nSPS) is 9.95. The average Bonchev–Trinajstić information content (AvgIpc) is 2.52. The molecule has 7 nitrogen and oxygen atoms in total. The number of carbonyl (C=O) groups excluding carboxylic acids is 1. The van der Waals surface area contributed by atoms with E-state index in [0.29, 0.717) is 11.4 Å². The highest BCUT2D eigenvalue weighted by Crippen LogP contribution is 2.13. The zero-order valence-electron chi connectivity index (χ0n) is 11.2. The second-order valence-corrected chi connectivity index (χ2v) is 4.06. The molecule has 0 bridgehead atoms. The van der Waals surface area contributed by atoms with Crippen LogP contribution in [0.4, 0.5) is 0 Å². The molecule has 0 aliphatic heterocycles. The van der Waals surface area contributed by atoms with Crippen molar-refractivity contribution in [2.45, 2.75) is 6.54 Å². The maximum absolute atomic E-state index is 12.0. The Labute approximate surface area is 120 Å². The standard InChI is InChI=1S/C14H13N3O4/c1-21-13-9(4-2-7-16-13)8-17-12(18)11-10(14(19)20)5-3-6-15-11/h2-7H,8H2,1H3,(H,17,18)(H,19,20). The van der Waals surface area contributed by atoms with Gasteiger partial charge in [-0.15, -0.1) is 0 Å². The van der Waals surface area contributed by atoms with E-state index in [2.05, 4.69) is 15.3 Å². The minimum atomic E-state index is -1.20. The molecule has 1 amide bonds. The summed E-state index contributed by atoms with van der Waals surface area (Å²) >= 11 is 0. The fourth-order valence-electron chi connectivity index (χ4n) is 1.76. The Bertz CT molecular complexity index is 673. The highest BCUT2D eigenvalue weighted by molar-refractivity contribution is 6.03. The van der Waals surface area contributed by atoms with E-state index in [1.54, 1.807) is 18.3 Å². The van der Waals surface area contributed by atoms with Gasteiger partial charge < -0.3 is 15.2 Å². The molecule has 2 N–H and O–H groups in total. The molecular weight excluding hydrogens is 274 g/mol. The lowest BCUT2D eigenvalue weighted by Gasteiger charge is -2.09. The molecule has 0 spiro atoms. The SMILES string of the molecule is COc1ncccc1CNC(=O)c1ncccc1C(=O)O. The van der Waals surface area contributed by atoms with Gasteiger partial charge in [0.05, 0.1) is 12.7 Å². The van der Waals surface area contributed by atoms with Gasteiger partial charge in [-0.3, -0.25) is 9.78 Å². The minimum Gasteiger partial charge on any atom is -0.481 e. The molecule has 0 aliphatic carbocycles. The molecule has 0 unspecified atom stereocenters. The summed E-state index contributed by atoms with van der Waals surface area (Å²) in [5.74, 6) is -1.37. The maximum Gasteiger partial charge on any atom is 0.338 e. The molecule has 0 fully saturated rings. The van der Waals surface area contributed by atoms with Crippen LogP contribution in [-0.2, 0) is 6.54 Å². The molecule has 108 valence electrons. The first-order chi connectivity index (χ1) is 10.1. The Kier molecular flexibility index (Phi) is 4.45. The summed E-state index contributed by atoms with van der Waals surface area (Å²) in [5, 5.41) is 11.6. The van der Waals surface area contributed by atoms with Crippen molar-refractivity contribution in [3.63, 3.8) is 0 Å². The van der Waals surface area contributed by atoms with Crippen molar-refractivity contribution in [3.8, 4) is 5.88 Å². The molecule has 0 radical (unpaired) electrons. The number of rotatable bonds is 5. The topological polar surface area (TPSA) is 101 Å². The molecule has 0 aromatic carbocycles. The van der Waals surface area contributed by atoms with Crippen molar-refractivity contribution >= 4 is 11.9 Å². The van der Waals surface area contributed by atoms with Gasteiger partial charge in [-0.05, 0) is 18.2 Å². The van der Waals surface area contributed by atoms with Crippen molar-refractivity contribution in [1.29, 1.82) is 0 Å². The van der Waals surface area contributed by atoms with Gasteiger partial charge in [0.25, 0.3) is 5.91 Å². The van der Waals surface area contributed by atoms with Crippen LogP contribution in [0.5, 0.6) is 5.88 Å². The number of amides is 1. The van der Waals surface area contributed by atoms with E-state index in [9.17, 15) is 9.59 Å². The molecule has 2 aromatic heterocycles. The Balaban J connectivity index is 2.14. The number of carboxylic acid groups (broad SMARTS) is 1. The third-order valence-electron chi connectivity index (χ3n) is 2.74. The van der Waals surface area contributed by atoms with E-state index in [1.165, 1.54) is 25.4 Å². The highest BCUT2D eigenvalue weighted by atomic mass is 16.5. The van der Waals surface area contributed by atoms with Crippen LogP contribution in [0.3, 0.4) is 0 Å². The van der Waals surface area contributed by atoms with E-state index in [4.69, 9.17) is 9.84 Å². The Morgan fingerprint density at radius 1 is 1.24 bits per heavy atom. The Morgan fingerprint density at radius 2 is 1.95 bits per heavy atom. The van der Waals surface area contributed by atoms with Gasteiger partial charge in [0, 0.05) is 24.5 Å². The Morgan fingerprint density at radius 3 is 2.67 bits per heavy atom. The van der Waals surface area contributed by atoms with Crippen LogP contribution in [0.1, 0.15) is 26.4 Å². The average molecular weight is 287 g/mol. The maximum atomic E-state index is 12.0. The van der Waals surface area contributed by atoms with Crippen molar-refractivity contribution in [3.05, 3.63) is 53.5 Å². The summed E-state index contributed by atoms with van der Waals surface area (Å²) < 4.78 is 5.07. The number of pyridine rings is 2. The molecule has 2 rings (SSSR count). The number of carboxylic acids is 1. The van der Waals surface area contributed by atoms with Crippen molar-refractivity contribution in [1.82, 2.24) is 15.3 Å². The van der Waals surface area contributed by atoms with E-state index >= 15 is 0 Å². The molecule has 7 heteroatoms. The predicted molar refractivity (Wildman–Crippen MR) is 73.2 cm³/mol. The van der Waals surface area contributed by atoms with Gasteiger partial charge >= 0.3 is 5.97 Å². The summed E-state index contributed by atoms with van der Waals surface area (Å²) in [6.45, 7) is 0.158. The molecule has 2 aromatic rings. The highest BCUT2D eigenvalue weighted by Gasteiger charge is 2.17. The van der Waals surface area contributed by atoms with Gasteiger partial charge in [0.2, 0.25) is 5.88 Å². The van der Waals surface area contributed by atoms with E-state index < -0.39 is 11.9 Å². The second-order valence-electron chi connectivity index (χ2n) is 4.06. The second kappa shape index (κ2) is 6.47. The smallest absolute Gasteiger partial charge is 0.338 e. The van der Waals surface area contributed by atoms with Gasteiger partial charge in [-0.2, -0.15) is 0 Å². The van der Waals surface area contributed by atoms with Crippen LogP contribution < -0.4 is 10.1 Å². The lowest BCUT2D eigenvalue weighted by atomic mass is 10.2. The summed E-state index contributed by atoms with van der Waals surface area (Å²) in [7, 11) is 1.48. The van der Waals surface area contributed by atoms with Gasteiger partial charge in [0.1, 0.15) is 5.69 Å². The fraction of sp³-hybridized carbons (Fsp3) is 0.143. The molecule has 0 aliphatic rings. The van der Waals surface area contributed by atoms with Crippen LogP contribution in [-0.4, -0.2) is 34.1 Å². The zero-order chi connectivity index (χ0) is 15.2. The van der Waals surface area contributed by atoms with Gasteiger partial charge in [-0.25, -0.2) is 9.78 Å². The first kappa shape index (κ1) is 14.4. The minimum absolute atomic E-state index is 0.132. The van der Waals surface area contributed by atoms with Crippen LogP contribution in [0.25, 0.3) is 0 Å². The quantitative estimate of drug-likeness (QED) is 0.854. The molecule has 2 heterocycles. The first-order valence-corrected chi connectivity index (χ1v) is 6.08. The van der Waals surface area contributed by atoms with E-state index in [-0.39, 0.29) is 17.8 Å². The van der Waals surface area contributed by atoms with E-state index in [0.717, 1.165) is 0 Å². The number of methoxy groups -OCH3 is 1. The third kappa shape index (κ3) is 3.33. The molecule has 0 saturated carbocycles. The van der Waals surface area contributed by atoms with Crippen molar-refractivity contribution < 1.29 is 19.4 Å². The van der Waals surface area contributed by atoms with Gasteiger partial charge in [0.15, 0.2) is 0 Å². The van der Waals surface area contributed by atoms with Crippen LogP contribution in [0, 0.1) is 0 Å². The number of nitrogens with zero attached hydrogens (tertiary/aromatic N) is 2. The summed E-state index contributed by atoms with van der Waals surface area (Å²) in [4.78, 5) is 30.9. The van der Waals surface area contributed by atoms with Crippen molar-refractivity contribution in [2.24, 2.45) is 0 Å². The van der Waals surface area contributed by atoms with E-state index in [1.807, 2.05) is 0 Å². The summed E-state index contributed by atoms with van der Waals surface area (Å²) in [6, 6.07) is 6.26.